The summed E-state index contributed by atoms with van der Waals surface area (Å²) in [6.45, 7) is 1.90. The Balaban J connectivity index is 1.83. The fourth-order valence-electron chi connectivity index (χ4n) is 2.75. The zero-order valence-corrected chi connectivity index (χ0v) is 11.8. The van der Waals surface area contributed by atoms with Crippen LogP contribution >= 0.6 is 0 Å². The molecule has 0 aliphatic heterocycles. The molecular formula is C17H18N2O2. The summed E-state index contributed by atoms with van der Waals surface area (Å²) in [7, 11) is 0. The van der Waals surface area contributed by atoms with Crippen LogP contribution in [0.1, 0.15) is 33.1 Å². The van der Waals surface area contributed by atoms with Gasteiger partial charge < -0.3 is 16.2 Å². The van der Waals surface area contributed by atoms with Crippen LogP contribution in [0.2, 0.25) is 0 Å². The summed E-state index contributed by atoms with van der Waals surface area (Å²) >= 11 is 0. The van der Waals surface area contributed by atoms with E-state index in [0.29, 0.717) is 17.7 Å². The van der Waals surface area contributed by atoms with Crippen LogP contribution in [0.3, 0.4) is 0 Å². The van der Waals surface area contributed by atoms with Gasteiger partial charge in [-0.2, -0.15) is 0 Å². The molecule has 1 amide bonds. The second kappa shape index (κ2) is 5.22. The number of fused-ring (bicyclic) bond motifs is 1. The largest absolute Gasteiger partial charge is 0.398 e. The van der Waals surface area contributed by atoms with Crippen molar-refractivity contribution in [2.45, 2.75) is 25.5 Å². The number of benzene rings is 2. The molecule has 4 heteroatoms. The van der Waals surface area contributed by atoms with E-state index in [4.69, 9.17) is 5.73 Å². The Morgan fingerprint density at radius 1 is 1.29 bits per heavy atom. The average molecular weight is 282 g/mol. The molecule has 0 aromatic heterocycles. The summed E-state index contributed by atoms with van der Waals surface area (Å²) in [5.41, 5.74) is 9.95. The number of hydrogen-bond donors (Lipinski definition) is 3. The van der Waals surface area contributed by atoms with E-state index >= 15 is 0 Å². The van der Waals surface area contributed by atoms with E-state index in [9.17, 15) is 9.90 Å². The van der Waals surface area contributed by atoms with Gasteiger partial charge in [0, 0.05) is 17.7 Å². The molecule has 4 nitrogen and oxygen atoms in total. The summed E-state index contributed by atoms with van der Waals surface area (Å²) in [6.07, 6.45) is -0.0221. The number of nitrogens with two attached hydrogens (primary N) is 1. The predicted octanol–water partition coefficient (Wildman–Crippen LogP) is 1.97. The number of amides is 1. The summed E-state index contributed by atoms with van der Waals surface area (Å²) in [6, 6.07) is 12.6. The lowest BCUT2D eigenvalue weighted by Crippen LogP contribution is -2.33. The fourth-order valence-corrected chi connectivity index (χ4v) is 2.75. The lowest BCUT2D eigenvalue weighted by Gasteiger charge is -2.18. The van der Waals surface area contributed by atoms with Gasteiger partial charge in [-0.15, -0.1) is 0 Å². The normalized spacial score (nSPS) is 20.1. The number of nitrogen functional groups attached to an aromatic ring is 1. The van der Waals surface area contributed by atoms with Gasteiger partial charge in [0.25, 0.3) is 5.91 Å². The van der Waals surface area contributed by atoms with Gasteiger partial charge in [0.05, 0.1) is 12.1 Å². The minimum atomic E-state index is -0.589. The van der Waals surface area contributed by atoms with Crippen molar-refractivity contribution in [3.8, 4) is 0 Å². The zero-order valence-electron chi connectivity index (χ0n) is 11.8. The minimum absolute atomic E-state index is 0.220. The second-order valence-electron chi connectivity index (χ2n) is 5.49. The summed E-state index contributed by atoms with van der Waals surface area (Å²) in [5.74, 6) is -0.220. The predicted molar refractivity (Wildman–Crippen MR) is 82.0 cm³/mol. The third-order valence-corrected chi connectivity index (χ3v) is 4.03. The van der Waals surface area contributed by atoms with Gasteiger partial charge in [-0.1, -0.05) is 30.3 Å². The van der Waals surface area contributed by atoms with Gasteiger partial charge in [0.1, 0.15) is 0 Å². The van der Waals surface area contributed by atoms with Crippen molar-refractivity contribution in [1.82, 2.24) is 5.32 Å². The molecule has 3 rings (SSSR count). The molecule has 0 bridgehead atoms. The maximum atomic E-state index is 12.3. The van der Waals surface area contributed by atoms with Crippen LogP contribution in [0.5, 0.6) is 0 Å². The molecule has 2 aromatic carbocycles. The van der Waals surface area contributed by atoms with Crippen molar-refractivity contribution in [3.63, 3.8) is 0 Å². The van der Waals surface area contributed by atoms with Crippen LogP contribution in [0.15, 0.2) is 42.5 Å². The molecule has 2 aromatic rings. The van der Waals surface area contributed by atoms with E-state index < -0.39 is 6.10 Å². The first-order chi connectivity index (χ1) is 10.1. The Labute approximate surface area is 123 Å². The van der Waals surface area contributed by atoms with Crippen LogP contribution in [0.4, 0.5) is 5.69 Å². The number of rotatable bonds is 2. The van der Waals surface area contributed by atoms with Gasteiger partial charge in [-0.25, -0.2) is 0 Å². The summed E-state index contributed by atoms with van der Waals surface area (Å²) < 4.78 is 0. The van der Waals surface area contributed by atoms with Gasteiger partial charge >= 0.3 is 0 Å². The molecule has 1 aliphatic carbocycles. The van der Waals surface area contributed by atoms with Crippen molar-refractivity contribution in [1.29, 1.82) is 0 Å². The molecule has 0 saturated heterocycles. The summed E-state index contributed by atoms with van der Waals surface area (Å²) in [5, 5.41) is 13.1. The molecule has 0 fully saturated rings. The highest BCUT2D eigenvalue weighted by molar-refractivity contribution is 5.95. The van der Waals surface area contributed by atoms with Crippen molar-refractivity contribution < 1.29 is 9.90 Å². The molecule has 0 spiro atoms. The Kier molecular flexibility index (Phi) is 3.39. The topological polar surface area (TPSA) is 75.3 Å². The first-order valence-electron chi connectivity index (χ1n) is 6.99. The molecule has 2 atom stereocenters. The standard InChI is InChI=1S/C17H18N2O2/c1-10-6-7-12(8-14(10)18)17(21)19-16-13-5-3-2-4-11(13)9-15(16)20/h2-8,15-16,20H,9,18H2,1H3,(H,19,21)/t15-,16+/m0/s1. The number of carbonyl (C=O) groups excluding carboxylic acids is 1. The van der Waals surface area contributed by atoms with Crippen LogP contribution in [0, 0.1) is 6.92 Å². The Hall–Kier alpha value is -2.33. The Morgan fingerprint density at radius 2 is 2.05 bits per heavy atom. The first kappa shape index (κ1) is 13.6. The number of anilines is 1. The van der Waals surface area contributed by atoms with Gasteiger partial charge in [-0.05, 0) is 35.7 Å². The molecule has 108 valence electrons. The van der Waals surface area contributed by atoms with Crippen LogP contribution in [0.25, 0.3) is 0 Å². The fraction of sp³-hybridized carbons (Fsp3) is 0.235. The van der Waals surface area contributed by atoms with Crippen molar-refractivity contribution in [2.75, 3.05) is 5.73 Å². The van der Waals surface area contributed by atoms with Crippen molar-refractivity contribution in [2.24, 2.45) is 0 Å². The van der Waals surface area contributed by atoms with E-state index in [1.807, 2.05) is 37.3 Å². The third kappa shape index (κ3) is 2.50. The van der Waals surface area contributed by atoms with Crippen LogP contribution in [-0.4, -0.2) is 17.1 Å². The van der Waals surface area contributed by atoms with Gasteiger partial charge in [-0.3, -0.25) is 4.79 Å². The van der Waals surface area contributed by atoms with Crippen LogP contribution in [-0.2, 0) is 6.42 Å². The maximum absolute atomic E-state index is 12.3. The molecule has 0 unspecified atom stereocenters. The van der Waals surface area contributed by atoms with E-state index in [1.165, 1.54) is 0 Å². The monoisotopic (exact) mass is 282 g/mol. The third-order valence-electron chi connectivity index (χ3n) is 4.03. The number of carbonyl (C=O) groups is 1. The number of aryl methyl sites for hydroxylation is 1. The van der Waals surface area contributed by atoms with Gasteiger partial charge in [0.15, 0.2) is 0 Å². The number of hydrogen-bond acceptors (Lipinski definition) is 3. The van der Waals surface area contributed by atoms with Crippen LogP contribution < -0.4 is 11.1 Å². The zero-order chi connectivity index (χ0) is 15.0. The van der Waals surface area contributed by atoms with E-state index in [1.54, 1.807) is 12.1 Å². The number of nitrogens with one attached hydrogen (secondary N) is 1. The highest BCUT2D eigenvalue weighted by Gasteiger charge is 2.32. The van der Waals surface area contributed by atoms with Crippen molar-refractivity contribution in [3.05, 3.63) is 64.7 Å². The maximum Gasteiger partial charge on any atom is 0.251 e. The molecule has 4 N–H and O–H groups in total. The first-order valence-corrected chi connectivity index (χ1v) is 6.99. The highest BCUT2D eigenvalue weighted by atomic mass is 16.3. The van der Waals surface area contributed by atoms with Gasteiger partial charge in [0.2, 0.25) is 0 Å². The number of aliphatic hydroxyl groups is 1. The second-order valence-corrected chi connectivity index (χ2v) is 5.49. The van der Waals surface area contributed by atoms with E-state index in [0.717, 1.165) is 16.7 Å². The lowest BCUT2D eigenvalue weighted by molar-refractivity contribution is 0.0858. The van der Waals surface area contributed by atoms with Crippen molar-refractivity contribution >= 4 is 11.6 Å². The quantitative estimate of drug-likeness (QED) is 0.737. The Bertz CT molecular complexity index is 697. The summed E-state index contributed by atoms with van der Waals surface area (Å²) in [4.78, 5) is 12.3. The average Bonchev–Trinajstić information content (AvgIpc) is 2.78. The molecule has 0 saturated carbocycles. The highest BCUT2D eigenvalue weighted by Crippen LogP contribution is 2.31. The minimum Gasteiger partial charge on any atom is -0.398 e. The molecular weight excluding hydrogens is 264 g/mol. The number of aliphatic hydroxyl groups excluding tert-OH is 1. The van der Waals surface area contributed by atoms with E-state index in [-0.39, 0.29) is 11.9 Å². The molecule has 21 heavy (non-hydrogen) atoms. The Morgan fingerprint density at radius 3 is 2.81 bits per heavy atom. The molecule has 1 aliphatic rings. The smallest absolute Gasteiger partial charge is 0.251 e. The van der Waals surface area contributed by atoms with E-state index in [2.05, 4.69) is 5.32 Å². The molecule has 0 radical (unpaired) electrons. The SMILES string of the molecule is Cc1ccc(C(=O)N[C@@H]2c3ccccc3C[C@@H]2O)cc1N. The molecule has 0 heterocycles. The lowest BCUT2D eigenvalue weighted by atomic mass is 10.1.